The molecule has 0 aliphatic rings. The lowest BCUT2D eigenvalue weighted by atomic mass is 10.1. The summed E-state index contributed by atoms with van der Waals surface area (Å²) in [4.78, 5) is 15.5. The van der Waals surface area contributed by atoms with Crippen molar-refractivity contribution in [3.05, 3.63) is 58.9 Å². The number of hydrogen-bond acceptors (Lipinski definition) is 4. The van der Waals surface area contributed by atoms with Gasteiger partial charge in [-0.25, -0.2) is 4.79 Å². The molecule has 0 aliphatic heterocycles. The predicted molar refractivity (Wildman–Crippen MR) is 75.8 cm³/mol. The fourth-order valence-corrected chi connectivity index (χ4v) is 1.92. The monoisotopic (exact) mass is 271 g/mol. The van der Waals surface area contributed by atoms with Gasteiger partial charge in [-0.2, -0.15) is 0 Å². The van der Waals surface area contributed by atoms with E-state index in [9.17, 15) is 4.79 Å². The van der Waals surface area contributed by atoms with E-state index in [1.807, 2.05) is 26.0 Å². The van der Waals surface area contributed by atoms with E-state index >= 15 is 0 Å². The van der Waals surface area contributed by atoms with Crippen molar-refractivity contribution in [3.63, 3.8) is 0 Å². The Hall–Kier alpha value is -2.36. The first-order valence-corrected chi connectivity index (χ1v) is 6.33. The summed E-state index contributed by atoms with van der Waals surface area (Å²) in [5.74, 6) is 0.431. The van der Waals surface area contributed by atoms with Crippen LogP contribution in [0.2, 0.25) is 0 Å². The lowest BCUT2D eigenvalue weighted by Crippen LogP contribution is -2.04. The molecule has 4 heteroatoms. The molecule has 0 radical (unpaired) electrons. The van der Waals surface area contributed by atoms with Crippen LogP contribution in [0.15, 0.2) is 36.5 Å². The highest BCUT2D eigenvalue weighted by molar-refractivity contribution is 5.88. The molecule has 2 rings (SSSR count). The van der Waals surface area contributed by atoms with Crippen molar-refractivity contribution in [2.75, 3.05) is 7.11 Å². The van der Waals surface area contributed by atoms with Crippen LogP contribution in [0.3, 0.4) is 0 Å². The Morgan fingerprint density at radius 2 is 1.85 bits per heavy atom. The molecular weight excluding hydrogens is 254 g/mol. The fourth-order valence-electron chi connectivity index (χ4n) is 1.92. The molecule has 0 aliphatic carbocycles. The zero-order chi connectivity index (χ0) is 14.5. The largest absolute Gasteiger partial charge is 0.487 e. The van der Waals surface area contributed by atoms with Gasteiger partial charge in [0.15, 0.2) is 0 Å². The van der Waals surface area contributed by atoms with Gasteiger partial charge in [-0.1, -0.05) is 6.07 Å². The van der Waals surface area contributed by atoms with Crippen LogP contribution in [0.5, 0.6) is 5.75 Å². The summed E-state index contributed by atoms with van der Waals surface area (Å²) in [6.45, 7) is 4.43. The van der Waals surface area contributed by atoms with Crippen molar-refractivity contribution in [1.29, 1.82) is 0 Å². The summed E-state index contributed by atoms with van der Waals surface area (Å²) >= 11 is 0. The minimum Gasteiger partial charge on any atom is -0.487 e. The lowest BCUT2D eigenvalue weighted by Gasteiger charge is -2.08. The summed E-state index contributed by atoms with van der Waals surface area (Å²) in [5.41, 5.74) is 3.52. The molecule has 1 aromatic carbocycles. The van der Waals surface area contributed by atoms with Crippen LogP contribution in [0.25, 0.3) is 0 Å². The smallest absolute Gasteiger partial charge is 0.339 e. The second-order valence-electron chi connectivity index (χ2n) is 4.64. The van der Waals surface area contributed by atoms with E-state index in [0.717, 1.165) is 22.6 Å². The van der Waals surface area contributed by atoms with Crippen LogP contribution in [0.1, 0.15) is 27.2 Å². The predicted octanol–water partition coefficient (Wildman–Crippen LogP) is 3.06. The Bertz CT molecular complexity index is 585. The first-order chi connectivity index (χ1) is 9.58. The summed E-state index contributed by atoms with van der Waals surface area (Å²) < 4.78 is 10.3. The van der Waals surface area contributed by atoms with Gasteiger partial charge in [0.1, 0.15) is 12.4 Å². The molecule has 1 aromatic heterocycles. The maximum atomic E-state index is 11.3. The Labute approximate surface area is 118 Å². The van der Waals surface area contributed by atoms with Crippen LogP contribution in [0, 0.1) is 13.8 Å². The number of carbonyl (C=O) groups is 1. The topological polar surface area (TPSA) is 48.4 Å². The first kappa shape index (κ1) is 14.1. The summed E-state index contributed by atoms with van der Waals surface area (Å²) in [6.07, 6.45) is 1.49. The van der Waals surface area contributed by atoms with Gasteiger partial charge < -0.3 is 9.47 Å². The molecule has 2 aromatic rings. The molecule has 4 nitrogen and oxygen atoms in total. The van der Waals surface area contributed by atoms with E-state index in [-0.39, 0.29) is 5.97 Å². The lowest BCUT2D eigenvalue weighted by molar-refractivity contribution is 0.0600. The zero-order valence-electron chi connectivity index (χ0n) is 11.8. The third-order valence-corrected chi connectivity index (χ3v) is 2.83. The van der Waals surface area contributed by atoms with E-state index < -0.39 is 0 Å². The average Bonchev–Trinajstić information content (AvgIpc) is 2.44. The van der Waals surface area contributed by atoms with Crippen LogP contribution < -0.4 is 4.74 Å². The Morgan fingerprint density at radius 3 is 2.40 bits per heavy atom. The van der Waals surface area contributed by atoms with Gasteiger partial charge in [0, 0.05) is 6.20 Å². The van der Waals surface area contributed by atoms with Gasteiger partial charge in [0.2, 0.25) is 0 Å². The van der Waals surface area contributed by atoms with Gasteiger partial charge in [-0.05, 0) is 49.2 Å². The third kappa shape index (κ3) is 3.57. The van der Waals surface area contributed by atoms with E-state index in [2.05, 4.69) is 15.8 Å². The average molecular weight is 271 g/mol. The van der Waals surface area contributed by atoms with Crippen molar-refractivity contribution < 1.29 is 14.3 Å². The second-order valence-corrected chi connectivity index (χ2v) is 4.64. The highest BCUT2D eigenvalue weighted by Gasteiger charge is 2.06. The van der Waals surface area contributed by atoms with Gasteiger partial charge >= 0.3 is 5.97 Å². The minimum atomic E-state index is -0.390. The van der Waals surface area contributed by atoms with Crippen LogP contribution in [-0.2, 0) is 11.3 Å². The first-order valence-electron chi connectivity index (χ1n) is 6.33. The van der Waals surface area contributed by atoms with E-state index in [0.29, 0.717) is 12.2 Å². The molecule has 0 atom stereocenters. The molecule has 0 bridgehead atoms. The molecule has 0 saturated heterocycles. The van der Waals surface area contributed by atoms with Crippen LogP contribution in [0.4, 0.5) is 0 Å². The number of hydrogen-bond donors (Lipinski definition) is 0. The number of nitrogens with zero attached hydrogens (tertiary/aromatic N) is 1. The minimum absolute atomic E-state index is 0.365. The number of aromatic nitrogens is 1. The molecule has 0 saturated carbocycles. The maximum absolute atomic E-state index is 11.3. The van der Waals surface area contributed by atoms with Gasteiger partial charge in [0.25, 0.3) is 0 Å². The summed E-state index contributed by atoms with van der Waals surface area (Å²) in [7, 11) is 1.35. The standard InChI is InChI=1S/C16H17NO3/c1-11-6-12(2)8-15(7-11)20-10-14-5-4-13(9-17-14)16(18)19-3/h4-9H,10H2,1-3H3. The molecule has 20 heavy (non-hydrogen) atoms. The van der Waals surface area contributed by atoms with Crippen molar-refractivity contribution >= 4 is 5.97 Å². The number of carbonyl (C=O) groups excluding carboxylic acids is 1. The fraction of sp³-hybridized carbons (Fsp3) is 0.250. The molecule has 0 spiro atoms. The van der Waals surface area contributed by atoms with E-state index in [1.54, 1.807) is 12.1 Å². The highest BCUT2D eigenvalue weighted by Crippen LogP contribution is 2.17. The number of methoxy groups -OCH3 is 1. The van der Waals surface area contributed by atoms with Gasteiger partial charge in [0.05, 0.1) is 18.4 Å². The molecule has 104 valence electrons. The Morgan fingerprint density at radius 1 is 1.15 bits per heavy atom. The number of ether oxygens (including phenoxy) is 2. The number of esters is 1. The Balaban J connectivity index is 2.02. The van der Waals surface area contributed by atoms with Gasteiger partial charge in [-0.3, -0.25) is 4.98 Å². The SMILES string of the molecule is COC(=O)c1ccc(COc2cc(C)cc(C)c2)nc1. The third-order valence-electron chi connectivity index (χ3n) is 2.83. The number of aryl methyl sites for hydroxylation is 2. The van der Waals surface area contributed by atoms with Crippen molar-refractivity contribution in [1.82, 2.24) is 4.98 Å². The van der Waals surface area contributed by atoms with E-state index in [4.69, 9.17) is 4.74 Å². The van der Waals surface area contributed by atoms with Crippen LogP contribution >= 0.6 is 0 Å². The quantitative estimate of drug-likeness (QED) is 0.802. The van der Waals surface area contributed by atoms with Gasteiger partial charge in [-0.15, -0.1) is 0 Å². The highest BCUT2D eigenvalue weighted by atomic mass is 16.5. The van der Waals surface area contributed by atoms with Crippen molar-refractivity contribution in [3.8, 4) is 5.75 Å². The number of rotatable bonds is 4. The van der Waals surface area contributed by atoms with E-state index in [1.165, 1.54) is 13.3 Å². The van der Waals surface area contributed by atoms with Crippen molar-refractivity contribution in [2.45, 2.75) is 20.5 Å². The molecular formula is C16H17NO3. The summed E-state index contributed by atoms with van der Waals surface area (Å²) in [6, 6.07) is 9.50. The van der Waals surface area contributed by atoms with Crippen molar-refractivity contribution in [2.24, 2.45) is 0 Å². The maximum Gasteiger partial charge on any atom is 0.339 e. The molecule has 1 heterocycles. The molecule has 0 N–H and O–H groups in total. The van der Waals surface area contributed by atoms with Crippen LogP contribution in [-0.4, -0.2) is 18.1 Å². The zero-order valence-corrected chi connectivity index (χ0v) is 11.8. The summed E-state index contributed by atoms with van der Waals surface area (Å²) in [5, 5.41) is 0. The molecule has 0 amide bonds. The molecule has 0 fully saturated rings. The number of benzene rings is 1. The second kappa shape index (κ2) is 6.19. The molecule has 0 unspecified atom stereocenters. The number of pyridine rings is 1. The normalized spacial score (nSPS) is 10.2. The Kier molecular flexibility index (Phi) is 4.35.